The van der Waals surface area contributed by atoms with Gasteiger partial charge in [0.05, 0.1) is 11.0 Å². The van der Waals surface area contributed by atoms with E-state index < -0.39 is 21.9 Å². The van der Waals surface area contributed by atoms with Gasteiger partial charge in [0.2, 0.25) is 10.0 Å². The highest BCUT2D eigenvalue weighted by Crippen LogP contribution is 2.23. The van der Waals surface area contributed by atoms with Gasteiger partial charge in [-0.25, -0.2) is 17.5 Å². The lowest BCUT2D eigenvalue weighted by Crippen LogP contribution is -2.26. The summed E-state index contributed by atoms with van der Waals surface area (Å²) in [7, 11) is -3.79. The highest BCUT2D eigenvalue weighted by atomic mass is 32.2. The number of nitrogens with one attached hydrogen (secondary N) is 1. The summed E-state index contributed by atoms with van der Waals surface area (Å²) in [5.74, 6) is 0.678. The van der Waals surface area contributed by atoms with Crippen molar-refractivity contribution >= 4 is 10.0 Å². The lowest BCUT2D eigenvalue weighted by Gasteiger charge is -2.11. The van der Waals surface area contributed by atoms with Gasteiger partial charge in [0.1, 0.15) is 17.3 Å². The molecule has 120 valence electrons. The second-order valence-electron chi connectivity index (χ2n) is 5.03. The first-order chi connectivity index (χ1) is 10.3. The lowest BCUT2D eigenvalue weighted by atomic mass is 10.1. The third-order valence-electron chi connectivity index (χ3n) is 3.25. The number of furan rings is 1. The smallest absolute Gasteiger partial charge is 0.240 e. The van der Waals surface area contributed by atoms with Gasteiger partial charge in [0.25, 0.3) is 0 Å². The van der Waals surface area contributed by atoms with Gasteiger partial charge >= 0.3 is 0 Å². The normalized spacial score (nSPS) is 13.3. The highest BCUT2D eigenvalue weighted by Gasteiger charge is 2.17. The molecule has 0 fully saturated rings. The molecule has 0 aliphatic carbocycles. The topological polar surface area (TPSA) is 79.5 Å². The predicted molar refractivity (Wildman–Crippen MR) is 79.3 cm³/mol. The van der Waals surface area contributed by atoms with Crippen molar-refractivity contribution < 1.29 is 22.3 Å². The molecule has 0 aliphatic heterocycles. The largest absolute Gasteiger partial charge is 0.466 e. The minimum Gasteiger partial charge on any atom is -0.466 e. The summed E-state index contributed by atoms with van der Waals surface area (Å²) in [4.78, 5) is -0.141. The van der Waals surface area contributed by atoms with E-state index in [9.17, 15) is 17.9 Å². The van der Waals surface area contributed by atoms with Gasteiger partial charge in [-0.2, -0.15) is 0 Å². The summed E-state index contributed by atoms with van der Waals surface area (Å²) in [5.41, 5.74) is 0.641. The van der Waals surface area contributed by atoms with Crippen molar-refractivity contribution in [3.8, 4) is 0 Å². The summed E-state index contributed by atoms with van der Waals surface area (Å²) >= 11 is 0. The van der Waals surface area contributed by atoms with Crippen LogP contribution in [-0.2, 0) is 10.0 Å². The maximum Gasteiger partial charge on any atom is 0.240 e. The Kier molecular flexibility index (Phi) is 5.00. The van der Waals surface area contributed by atoms with Crippen LogP contribution < -0.4 is 4.72 Å². The zero-order chi connectivity index (χ0) is 16.3. The summed E-state index contributed by atoms with van der Waals surface area (Å²) < 4.78 is 44.7. The van der Waals surface area contributed by atoms with Crippen LogP contribution in [0.4, 0.5) is 4.39 Å². The van der Waals surface area contributed by atoms with E-state index in [1.165, 1.54) is 18.2 Å². The molecule has 1 unspecified atom stereocenters. The van der Waals surface area contributed by atoms with E-state index in [1.54, 1.807) is 19.9 Å². The minimum absolute atomic E-state index is 0.0314. The van der Waals surface area contributed by atoms with E-state index in [0.717, 1.165) is 6.07 Å². The minimum atomic E-state index is -3.79. The van der Waals surface area contributed by atoms with Crippen molar-refractivity contribution in [1.29, 1.82) is 0 Å². The van der Waals surface area contributed by atoms with Crippen LogP contribution in [0.3, 0.4) is 0 Å². The van der Waals surface area contributed by atoms with E-state index in [-0.39, 0.29) is 17.9 Å². The Hall–Kier alpha value is -1.70. The molecular weight excluding hydrogens is 309 g/mol. The van der Waals surface area contributed by atoms with Crippen LogP contribution in [0, 0.1) is 19.7 Å². The zero-order valence-electron chi connectivity index (χ0n) is 12.3. The van der Waals surface area contributed by atoms with Gasteiger partial charge in [0, 0.05) is 12.1 Å². The molecule has 1 aromatic heterocycles. The molecule has 1 atom stereocenters. The molecule has 0 bridgehead atoms. The molecule has 7 heteroatoms. The first kappa shape index (κ1) is 16.7. The Balaban J connectivity index is 1.97. The Bertz CT molecular complexity index is 755. The number of benzene rings is 1. The van der Waals surface area contributed by atoms with Crippen molar-refractivity contribution in [2.75, 3.05) is 6.54 Å². The third kappa shape index (κ3) is 3.94. The summed E-state index contributed by atoms with van der Waals surface area (Å²) in [5, 5.41) is 10.1. The highest BCUT2D eigenvalue weighted by molar-refractivity contribution is 7.89. The third-order valence-corrected chi connectivity index (χ3v) is 4.71. The fraction of sp³-hybridized carbons (Fsp3) is 0.333. The molecule has 0 amide bonds. The molecule has 2 aromatic rings. The lowest BCUT2D eigenvalue weighted by molar-refractivity contribution is 0.167. The first-order valence-corrected chi connectivity index (χ1v) is 8.28. The van der Waals surface area contributed by atoms with Gasteiger partial charge < -0.3 is 9.52 Å². The van der Waals surface area contributed by atoms with E-state index in [4.69, 9.17) is 4.42 Å². The van der Waals surface area contributed by atoms with E-state index in [1.807, 2.05) is 0 Å². The number of aliphatic hydroxyl groups is 1. The van der Waals surface area contributed by atoms with Crippen molar-refractivity contribution in [1.82, 2.24) is 4.72 Å². The maximum absolute atomic E-state index is 13.1. The molecule has 5 nitrogen and oxygen atoms in total. The van der Waals surface area contributed by atoms with Crippen LogP contribution in [0.5, 0.6) is 0 Å². The van der Waals surface area contributed by atoms with Crippen LogP contribution >= 0.6 is 0 Å². The number of sulfonamides is 1. The van der Waals surface area contributed by atoms with E-state index in [0.29, 0.717) is 17.1 Å². The second-order valence-corrected chi connectivity index (χ2v) is 6.80. The molecule has 0 aliphatic rings. The number of aryl methyl sites for hydroxylation is 2. The number of aliphatic hydroxyl groups excluding tert-OH is 1. The molecule has 1 heterocycles. The van der Waals surface area contributed by atoms with Gasteiger partial charge in [-0.15, -0.1) is 0 Å². The SMILES string of the molecule is Cc1cc(C(O)CCNS(=O)(=O)c2cccc(F)c2)c(C)o1. The number of rotatable bonds is 6. The Morgan fingerprint density at radius 1 is 1.32 bits per heavy atom. The van der Waals surface area contributed by atoms with Crippen molar-refractivity contribution in [2.24, 2.45) is 0 Å². The molecule has 0 radical (unpaired) electrons. The average Bonchev–Trinajstić information content (AvgIpc) is 2.77. The van der Waals surface area contributed by atoms with Crippen LogP contribution in [0.15, 0.2) is 39.6 Å². The summed E-state index contributed by atoms with van der Waals surface area (Å²) in [6.07, 6.45) is -0.637. The van der Waals surface area contributed by atoms with Gasteiger partial charge in [-0.05, 0) is 44.5 Å². The number of hydrogen-bond acceptors (Lipinski definition) is 4. The monoisotopic (exact) mass is 327 g/mol. The van der Waals surface area contributed by atoms with Crippen molar-refractivity contribution in [3.05, 3.63) is 53.2 Å². The number of halogens is 1. The predicted octanol–water partition coefficient (Wildman–Crippen LogP) is 2.44. The molecule has 1 aromatic carbocycles. The fourth-order valence-electron chi connectivity index (χ4n) is 2.18. The number of hydrogen-bond donors (Lipinski definition) is 2. The standard InChI is InChI=1S/C15H18FNO4S/c1-10-8-14(11(2)21-10)15(18)6-7-17-22(19,20)13-5-3-4-12(16)9-13/h3-5,8-9,15,17-18H,6-7H2,1-2H3. The summed E-state index contributed by atoms with van der Waals surface area (Å²) in [6.45, 7) is 3.54. The Morgan fingerprint density at radius 2 is 2.05 bits per heavy atom. The van der Waals surface area contributed by atoms with E-state index >= 15 is 0 Å². The van der Waals surface area contributed by atoms with Crippen LogP contribution in [0.25, 0.3) is 0 Å². The van der Waals surface area contributed by atoms with Gasteiger partial charge in [0.15, 0.2) is 0 Å². The van der Waals surface area contributed by atoms with Crippen molar-refractivity contribution in [3.63, 3.8) is 0 Å². The summed E-state index contributed by atoms with van der Waals surface area (Å²) in [6, 6.07) is 6.48. The van der Waals surface area contributed by atoms with Gasteiger partial charge in [-0.1, -0.05) is 6.07 Å². The van der Waals surface area contributed by atoms with Crippen LogP contribution in [-0.4, -0.2) is 20.1 Å². The zero-order valence-corrected chi connectivity index (χ0v) is 13.2. The average molecular weight is 327 g/mol. The molecule has 2 N–H and O–H groups in total. The molecule has 22 heavy (non-hydrogen) atoms. The second kappa shape index (κ2) is 6.60. The maximum atomic E-state index is 13.1. The first-order valence-electron chi connectivity index (χ1n) is 6.80. The molecular formula is C15H18FNO4S. The van der Waals surface area contributed by atoms with Crippen LogP contribution in [0.1, 0.15) is 29.6 Å². The molecule has 0 saturated heterocycles. The van der Waals surface area contributed by atoms with Crippen molar-refractivity contribution in [2.45, 2.75) is 31.3 Å². The molecule has 0 spiro atoms. The molecule has 2 rings (SSSR count). The Labute approximate surface area is 128 Å². The molecule has 0 saturated carbocycles. The fourth-order valence-corrected chi connectivity index (χ4v) is 3.26. The quantitative estimate of drug-likeness (QED) is 0.854. The Morgan fingerprint density at radius 3 is 2.64 bits per heavy atom. The van der Waals surface area contributed by atoms with Crippen LogP contribution in [0.2, 0.25) is 0 Å². The van der Waals surface area contributed by atoms with E-state index in [2.05, 4.69) is 4.72 Å². The van der Waals surface area contributed by atoms with Gasteiger partial charge in [-0.3, -0.25) is 0 Å².